The molecule has 2 rings (SSSR count). The fraction of sp³-hybridized carbons (Fsp3) is 0.429. The van der Waals surface area contributed by atoms with Gasteiger partial charge in [0, 0.05) is 19.6 Å². The smallest absolute Gasteiger partial charge is 0.0540 e. The molecule has 2 nitrogen and oxygen atoms in total. The standard InChI is InChI=1S/C21H28O2/c1-22-17-21(18-23-2,15-13-19-9-5-3-6-10-19)16-14-20-11-7-4-8-12-20/h3-12H,13-18H2,1-2H3. The summed E-state index contributed by atoms with van der Waals surface area (Å²) in [5.74, 6) is 0. The number of hydrogen-bond donors (Lipinski definition) is 0. The van der Waals surface area contributed by atoms with Crippen molar-refractivity contribution in [2.45, 2.75) is 25.7 Å². The van der Waals surface area contributed by atoms with Crippen LogP contribution >= 0.6 is 0 Å². The van der Waals surface area contributed by atoms with E-state index in [1.165, 1.54) is 11.1 Å². The Bertz CT molecular complexity index is 485. The highest BCUT2D eigenvalue weighted by atomic mass is 16.5. The van der Waals surface area contributed by atoms with Gasteiger partial charge < -0.3 is 9.47 Å². The Morgan fingerprint density at radius 2 is 1.04 bits per heavy atom. The molecule has 0 radical (unpaired) electrons. The number of methoxy groups -OCH3 is 2. The van der Waals surface area contributed by atoms with Gasteiger partial charge in [0.2, 0.25) is 0 Å². The molecule has 0 heterocycles. The fourth-order valence-electron chi connectivity index (χ4n) is 3.18. The van der Waals surface area contributed by atoms with Crippen molar-refractivity contribution in [3.63, 3.8) is 0 Å². The number of ether oxygens (including phenoxy) is 2. The molecule has 2 heteroatoms. The average Bonchev–Trinajstić information content (AvgIpc) is 2.60. The molecule has 0 amide bonds. The summed E-state index contributed by atoms with van der Waals surface area (Å²) >= 11 is 0. The van der Waals surface area contributed by atoms with Gasteiger partial charge in [0.25, 0.3) is 0 Å². The van der Waals surface area contributed by atoms with Crippen LogP contribution in [0.2, 0.25) is 0 Å². The predicted octanol–water partition coefficient (Wildman–Crippen LogP) is 4.53. The zero-order valence-corrected chi connectivity index (χ0v) is 14.3. The Morgan fingerprint density at radius 1 is 0.652 bits per heavy atom. The lowest BCUT2D eigenvalue weighted by molar-refractivity contribution is -0.000931. The number of aryl methyl sites for hydroxylation is 2. The van der Waals surface area contributed by atoms with Gasteiger partial charge in [0.15, 0.2) is 0 Å². The van der Waals surface area contributed by atoms with Crippen LogP contribution in [0, 0.1) is 5.41 Å². The zero-order valence-electron chi connectivity index (χ0n) is 14.3. The molecule has 0 bridgehead atoms. The summed E-state index contributed by atoms with van der Waals surface area (Å²) in [6, 6.07) is 21.3. The van der Waals surface area contributed by atoms with Crippen LogP contribution in [0.1, 0.15) is 24.0 Å². The van der Waals surface area contributed by atoms with Crippen LogP contribution in [0.15, 0.2) is 60.7 Å². The summed E-state index contributed by atoms with van der Waals surface area (Å²) in [6.45, 7) is 1.47. The molecule has 0 aromatic heterocycles. The average molecular weight is 312 g/mol. The third kappa shape index (κ3) is 5.81. The van der Waals surface area contributed by atoms with Crippen LogP contribution in [0.5, 0.6) is 0 Å². The van der Waals surface area contributed by atoms with Gasteiger partial charge in [-0.25, -0.2) is 0 Å². The second kappa shape index (κ2) is 9.49. The molecule has 0 unspecified atom stereocenters. The van der Waals surface area contributed by atoms with Gasteiger partial charge in [-0.1, -0.05) is 60.7 Å². The monoisotopic (exact) mass is 312 g/mol. The molecule has 0 N–H and O–H groups in total. The van der Waals surface area contributed by atoms with E-state index in [0.29, 0.717) is 0 Å². The summed E-state index contributed by atoms with van der Waals surface area (Å²) in [5, 5.41) is 0. The fourth-order valence-corrected chi connectivity index (χ4v) is 3.18. The molecule has 0 aliphatic heterocycles. The second-order valence-corrected chi connectivity index (χ2v) is 6.34. The van der Waals surface area contributed by atoms with Gasteiger partial charge >= 0.3 is 0 Å². The molecule has 0 saturated carbocycles. The van der Waals surface area contributed by atoms with Gasteiger partial charge in [-0.3, -0.25) is 0 Å². The number of benzene rings is 2. The Balaban J connectivity index is 2.03. The van der Waals surface area contributed by atoms with Crippen molar-refractivity contribution in [3.8, 4) is 0 Å². The van der Waals surface area contributed by atoms with Crippen LogP contribution in [-0.2, 0) is 22.3 Å². The molecule has 0 fully saturated rings. The normalized spacial score (nSPS) is 11.6. The molecule has 124 valence electrons. The predicted molar refractivity (Wildman–Crippen MR) is 95.7 cm³/mol. The van der Waals surface area contributed by atoms with E-state index in [4.69, 9.17) is 9.47 Å². The van der Waals surface area contributed by atoms with E-state index in [-0.39, 0.29) is 5.41 Å². The highest BCUT2D eigenvalue weighted by molar-refractivity contribution is 5.16. The maximum atomic E-state index is 5.56. The lowest BCUT2D eigenvalue weighted by Crippen LogP contribution is -2.33. The van der Waals surface area contributed by atoms with Gasteiger partial charge in [-0.15, -0.1) is 0 Å². The molecule has 2 aromatic rings. The largest absolute Gasteiger partial charge is 0.384 e. The minimum absolute atomic E-state index is 0.0647. The first-order valence-electron chi connectivity index (χ1n) is 8.34. The molecule has 0 saturated heterocycles. The minimum Gasteiger partial charge on any atom is -0.384 e. The van der Waals surface area contributed by atoms with E-state index in [0.717, 1.165) is 38.9 Å². The Hall–Kier alpha value is -1.64. The van der Waals surface area contributed by atoms with E-state index in [1.54, 1.807) is 14.2 Å². The second-order valence-electron chi connectivity index (χ2n) is 6.34. The SMILES string of the molecule is COCC(CCc1ccccc1)(CCc1ccccc1)COC. The minimum atomic E-state index is 0.0647. The van der Waals surface area contributed by atoms with Crippen LogP contribution < -0.4 is 0 Å². The van der Waals surface area contributed by atoms with Crippen molar-refractivity contribution in [3.05, 3.63) is 71.8 Å². The Labute approximate surface area is 140 Å². The van der Waals surface area contributed by atoms with Crippen LogP contribution in [0.25, 0.3) is 0 Å². The Kier molecular flexibility index (Phi) is 7.31. The van der Waals surface area contributed by atoms with Crippen molar-refractivity contribution >= 4 is 0 Å². The molecule has 0 aliphatic carbocycles. The van der Waals surface area contributed by atoms with E-state index in [2.05, 4.69) is 60.7 Å². The lowest BCUT2D eigenvalue weighted by Gasteiger charge is -2.33. The molecule has 0 atom stereocenters. The van der Waals surface area contributed by atoms with Crippen molar-refractivity contribution < 1.29 is 9.47 Å². The van der Waals surface area contributed by atoms with E-state index < -0.39 is 0 Å². The first kappa shape index (κ1) is 17.7. The summed E-state index contributed by atoms with van der Waals surface area (Å²) in [5.41, 5.74) is 2.82. The van der Waals surface area contributed by atoms with Crippen molar-refractivity contribution in [1.82, 2.24) is 0 Å². The number of rotatable bonds is 10. The summed E-state index contributed by atoms with van der Waals surface area (Å²) in [6.07, 6.45) is 4.27. The lowest BCUT2D eigenvalue weighted by atomic mass is 9.78. The summed E-state index contributed by atoms with van der Waals surface area (Å²) in [4.78, 5) is 0. The molecular formula is C21H28O2. The van der Waals surface area contributed by atoms with Gasteiger partial charge in [0.1, 0.15) is 0 Å². The van der Waals surface area contributed by atoms with Gasteiger partial charge in [0.05, 0.1) is 13.2 Å². The first-order chi connectivity index (χ1) is 11.3. The van der Waals surface area contributed by atoms with Gasteiger partial charge in [-0.05, 0) is 36.8 Å². The molecular weight excluding hydrogens is 284 g/mol. The molecule has 2 aromatic carbocycles. The van der Waals surface area contributed by atoms with Gasteiger partial charge in [-0.2, -0.15) is 0 Å². The Morgan fingerprint density at radius 3 is 1.39 bits per heavy atom. The first-order valence-corrected chi connectivity index (χ1v) is 8.34. The third-order valence-electron chi connectivity index (χ3n) is 4.47. The summed E-state index contributed by atoms with van der Waals surface area (Å²) in [7, 11) is 3.57. The maximum absolute atomic E-state index is 5.56. The molecule has 23 heavy (non-hydrogen) atoms. The van der Waals surface area contributed by atoms with E-state index in [9.17, 15) is 0 Å². The van der Waals surface area contributed by atoms with Crippen molar-refractivity contribution in [2.75, 3.05) is 27.4 Å². The topological polar surface area (TPSA) is 18.5 Å². The summed E-state index contributed by atoms with van der Waals surface area (Å²) < 4.78 is 11.1. The van der Waals surface area contributed by atoms with Crippen LogP contribution in [-0.4, -0.2) is 27.4 Å². The maximum Gasteiger partial charge on any atom is 0.0540 e. The third-order valence-corrected chi connectivity index (χ3v) is 4.47. The van der Waals surface area contributed by atoms with Crippen molar-refractivity contribution in [1.29, 1.82) is 0 Å². The van der Waals surface area contributed by atoms with E-state index in [1.807, 2.05) is 0 Å². The van der Waals surface area contributed by atoms with Crippen molar-refractivity contribution in [2.24, 2.45) is 5.41 Å². The molecule has 0 aliphatic rings. The highest BCUT2D eigenvalue weighted by Gasteiger charge is 2.30. The number of hydrogen-bond acceptors (Lipinski definition) is 2. The van der Waals surface area contributed by atoms with E-state index >= 15 is 0 Å². The molecule has 0 spiro atoms. The van der Waals surface area contributed by atoms with Crippen LogP contribution in [0.3, 0.4) is 0 Å². The van der Waals surface area contributed by atoms with Crippen LogP contribution in [0.4, 0.5) is 0 Å². The zero-order chi connectivity index (χ0) is 16.4. The highest BCUT2D eigenvalue weighted by Crippen LogP contribution is 2.31. The quantitative estimate of drug-likeness (QED) is 0.641.